The molecule has 4 aromatic carbocycles. The van der Waals surface area contributed by atoms with Crippen molar-refractivity contribution in [2.45, 2.75) is 52.2 Å². The molecule has 0 atom stereocenters. The maximum atomic E-state index is 16.2. The second-order valence-corrected chi connectivity index (χ2v) is 11.7. The summed E-state index contributed by atoms with van der Waals surface area (Å²) in [6.07, 6.45) is -0.187. The van der Waals surface area contributed by atoms with Crippen molar-refractivity contribution in [3.63, 3.8) is 0 Å². The zero-order chi connectivity index (χ0) is 31.9. The molecule has 9 heteroatoms. The fourth-order valence-electron chi connectivity index (χ4n) is 6.95. The Hall–Kier alpha value is -4.57. The smallest absolute Gasteiger partial charge is 0.194 e. The summed E-state index contributed by atoms with van der Waals surface area (Å²) in [6, 6.07) is 21.2. The van der Waals surface area contributed by atoms with Gasteiger partial charge in [0.2, 0.25) is 0 Å². The number of halogens is 2. The van der Waals surface area contributed by atoms with Crippen LogP contribution < -0.4 is 4.74 Å². The van der Waals surface area contributed by atoms with E-state index in [1.54, 1.807) is 16.8 Å². The Labute approximate surface area is 265 Å². The minimum Gasteiger partial charge on any atom is -0.493 e. The molecule has 2 aromatic heterocycles. The number of aliphatic hydroxyl groups is 2. The Morgan fingerprint density at radius 1 is 0.935 bits per heavy atom. The van der Waals surface area contributed by atoms with Crippen molar-refractivity contribution in [1.29, 1.82) is 0 Å². The van der Waals surface area contributed by atoms with Gasteiger partial charge in [0.1, 0.15) is 17.4 Å². The van der Waals surface area contributed by atoms with Gasteiger partial charge in [-0.15, -0.1) is 0 Å². The maximum absolute atomic E-state index is 16.2. The molecular weight excluding hydrogens is 588 g/mol. The van der Waals surface area contributed by atoms with Crippen molar-refractivity contribution in [2.75, 3.05) is 6.61 Å². The van der Waals surface area contributed by atoms with E-state index in [0.29, 0.717) is 72.8 Å². The van der Waals surface area contributed by atoms with Gasteiger partial charge in [0.15, 0.2) is 6.29 Å². The highest BCUT2D eigenvalue weighted by Gasteiger charge is 2.30. The zero-order valence-electron chi connectivity index (χ0n) is 25.8. The Morgan fingerprint density at radius 3 is 2.54 bits per heavy atom. The Bertz CT molecular complexity index is 2080. The first-order valence-electron chi connectivity index (χ1n) is 15.6. The highest BCUT2D eigenvalue weighted by Crippen LogP contribution is 2.42. The summed E-state index contributed by atoms with van der Waals surface area (Å²) in [6.45, 7) is 3.18. The van der Waals surface area contributed by atoms with E-state index in [0.717, 1.165) is 38.5 Å². The van der Waals surface area contributed by atoms with Crippen LogP contribution in [-0.2, 0) is 44.4 Å². The largest absolute Gasteiger partial charge is 0.493 e. The highest BCUT2D eigenvalue weighted by molar-refractivity contribution is 5.99. The van der Waals surface area contributed by atoms with Gasteiger partial charge in [0, 0.05) is 41.2 Å². The molecule has 7 nitrogen and oxygen atoms in total. The minimum atomic E-state index is -1.81. The number of aryl methyl sites for hydroxylation is 2. The molecule has 0 unspecified atom stereocenters. The van der Waals surface area contributed by atoms with Gasteiger partial charge in [-0.05, 0) is 77.7 Å². The van der Waals surface area contributed by atoms with Crippen LogP contribution in [0.4, 0.5) is 8.78 Å². The number of aliphatic hydroxyl groups excluding tert-OH is 1. The van der Waals surface area contributed by atoms with E-state index in [1.807, 2.05) is 61.0 Å². The molecule has 7 rings (SSSR count). The predicted molar refractivity (Wildman–Crippen MR) is 172 cm³/mol. The fraction of sp³-hybridized carbons (Fsp3) is 0.270. The first-order valence-corrected chi connectivity index (χ1v) is 15.6. The van der Waals surface area contributed by atoms with Gasteiger partial charge in [-0.2, -0.15) is 5.10 Å². The van der Waals surface area contributed by atoms with Gasteiger partial charge in [0.05, 0.1) is 36.7 Å². The number of rotatable bonds is 7. The normalized spacial score (nSPS) is 13.2. The van der Waals surface area contributed by atoms with Crippen LogP contribution in [-0.4, -0.2) is 31.2 Å². The van der Waals surface area contributed by atoms with Crippen LogP contribution in [0.1, 0.15) is 53.4 Å². The second-order valence-electron chi connectivity index (χ2n) is 11.7. The predicted octanol–water partition coefficient (Wildman–Crippen LogP) is 7.11. The van der Waals surface area contributed by atoms with E-state index in [1.165, 1.54) is 18.2 Å². The third kappa shape index (κ3) is 5.24. The summed E-state index contributed by atoms with van der Waals surface area (Å²) in [7, 11) is 1.85. The van der Waals surface area contributed by atoms with E-state index in [4.69, 9.17) is 14.6 Å². The summed E-state index contributed by atoms with van der Waals surface area (Å²) in [4.78, 5) is 0. The van der Waals surface area contributed by atoms with Crippen LogP contribution in [0.5, 0.6) is 5.75 Å². The van der Waals surface area contributed by atoms with Crippen molar-refractivity contribution in [3.8, 4) is 16.9 Å². The first kappa shape index (κ1) is 30.1. The molecule has 236 valence electrons. The molecule has 0 aliphatic carbocycles. The minimum absolute atomic E-state index is 0.203. The Kier molecular flexibility index (Phi) is 8.06. The molecular formula is C37H35F2N3O4. The van der Waals surface area contributed by atoms with Gasteiger partial charge < -0.3 is 24.3 Å². The second kappa shape index (κ2) is 12.3. The maximum Gasteiger partial charge on any atom is 0.194 e. The molecule has 6 aromatic rings. The molecule has 0 saturated heterocycles. The van der Waals surface area contributed by atoms with Gasteiger partial charge in [-0.3, -0.25) is 4.68 Å². The van der Waals surface area contributed by atoms with Crippen molar-refractivity contribution in [3.05, 3.63) is 118 Å². The van der Waals surface area contributed by atoms with Gasteiger partial charge in [-0.1, -0.05) is 43.3 Å². The van der Waals surface area contributed by atoms with Crippen LogP contribution in [0.25, 0.3) is 32.8 Å². The number of aromatic nitrogens is 3. The quantitative estimate of drug-likeness (QED) is 0.146. The fourth-order valence-corrected chi connectivity index (χ4v) is 6.95. The summed E-state index contributed by atoms with van der Waals surface area (Å²) < 4.78 is 45.9. The molecule has 0 saturated carbocycles. The zero-order valence-corrected chi connectivity index (χ0v) is 25.8. The molecule has 0 spiro atoms. The number of nitrogens with zero attached hydrogens (tertiary/aromatic N) is 3. The van der Waals surface area contributed by atoms with Crippen molar-refractivity contribution < 1.29 is 28.5 Å². The molecule has 0 radical (unpaired) electrons. The molecule has 0 bridgehead atoms. The van der Waals surface area contributed by atoms with E-state index < -0.39 is 12.1 Å². The number of hydrogen-bond donors (Lipinski definition) is 2. The van der Waals surface area contributed by atoms with Crippen molar-refractivity contribution in [2.24, 2.45) is 7.05 Å². The summed E-state index contributed by atoms with van der Waals surface area (Å²) in [5, 5.41) is 28.9. The third-order valence-corrected chi connectivity index (χ3v) is 8.96. The number of benzene rings is 4. The molecule has 0 amide bonds. The average molecular weight is 624 g/mol. The van der Waals surface area contributed by atoms with Crippen molar-refractivity contribution >= 4 is 21.7 Å². The average Bonchev–Trinajstić information content (AvgIpc) is 3.52. The molecule has 0 fully saturated rings. The summed E-state index contributed by atoms with van der Waals surface area (Å²) >= 11 is 0. The van der Waals surface area contributed by atoms with Crippen LogP contribution in [0.2, 0.25) is 0 Å². The Balaban J connectivity index is 1.36. The summed E-state index contributed by atoms with van der Waals surface area (Å²) in [5.41, 5.74) is 6.10. The number of hydrogen-bond acceptors (Lipinski definition) is 5. The molecule has 46 heavy (non-hydrogen) atoms. The lowest BCUT2D eigenvalue weighted by Crippen LogP contribution is -2.12. The van der Waals surface area contributed by atoms with Gasteiger partial charge in [0.25, 0.3) is 0 Å². The molecule has 3 heterocycles. The molecule has 1 aliphatic heterocycles. The van der Waals surface area contributed by atoms with E-state index in [-0.39, 0.29) is 12.4 Å². The third-order valence-electron chi connectivity index (χ3n) is 8.96. The first-order chi connectivity index (χ1) is 22.4. The molecule has 2 N–H and O–H groups in total. The SMILES string of the molecule is CCc1c2c(nn1C)COCc1ccccc1Cn1c(C(O)O)c(CCCOc3cccc4cc(F)ccc34)c3ccc(F)c-2c31. The lowest BCUT2D eigenvalue weighted by atomic mass is 9.96. The van der Waals surface area contributed by atoms with Gasteiger partial charge >= 0.3 is 0 Å². The number of fused-ring (bicyclic) bond motifs is 4. The summed E-state index contributed by atoms with van der Waals surface area (Å²) in [5.74, 6) is -0.0716. The van der Waals surface area contributed by atoms with E-state index in [2.05, 4.69) is 0 Å². The van der Waals surface area contributed by atoms with Gasteiger partial charge in [-0.25, -0.2) is 8.78 Å². The topological polar surface area (TPSA) is 81.7 Å². The lowest BCUT2D eigenvalue weighted by molar-refractivity contribution is -0.0485. The van der Waals surface area contributed by atoms with E-state index in [9.17, 15) is 14.6 Å². The highest BCUT2D eigenvalue weighted by atomic mass is 19.1. The lowest BCUT2D eigenvalue weighted by Gasteiger charge is -2.17. The monoisotopic (exact) mass is 623 g/mol. The molecule has 1 aliphatic rings. The van der Waals surface area contributed by atoms with Crippen molar-refractivity contribution in [1.82, 2.24) is 14.3 Å². The van der Waals surface area contributed by atoms with Crippen LogP contribution in [0, 0.1) is 11.6 Å². The number of ether oxygens (including phenoxy) is 2. The standard InChI is InChI=1S/C37H35F2N3O4/c1-3-31-34-30(40-41(31)2)21-45-20-24-9-5-4-8-23(24)19-42-35-28(15-16-29(39)33(34)35)27(36(42)37(43)44)11-7-17-46-32-12-6-10-22-18-25(38)13-14-26(22)32/h4-6,8-10,12-16,18,37,43-44H,3,7,11,17,19-21H2,1-2H3. The van der Waals surface area contributed by atoms with Crippen LogP contribution in [0.15, 0.2) is 72.8 Å². The van der Waals surface area contributed by atoms with E-state index >= 15 is 4.39 Å². The van der Waals surface area contributed by atoms with Crippen LogP contribution >= 0.6 is 0 Å². The van der Waals surface area contributed by atoms with Crippen LogP contribution in [0.3, 0.4) is 0 Å². The Morgan fingerprint density at radius 2 is 1.74 bits per heavy atom.